The molecule has 1 fully saturated rings. The van der Waals surface area contributed by atoms with Crippen LogP contribution in [0.3, 0.4) is 0 Å². The SMILES string of the molecule is COc1cc2c(cc1OC)[C@]13C=C(OCOCC[Si](C)(C)C)[C@H](OCOCC[Si](C)(C)C)CC1C(=O)C(=O)N3CC2. The smallest absolute Gasteiger partial charge is 0.291 e. The van der Waals surface area contributed by atoms with Crippen LogP contribution in [0.2, 0.25) is 51.4 Å². The average molecular weight is 606 g/mol. The molecular weight excluding hydrogens is 559 g/mol. The maximum atomic E-state index is 13.5. The second-order valence-corrected chi connectivity index (χ2v) is 24.8. The fourth-order valence-corrected chi connectivity index (χ4v) is 7.29. The Kier molecular flexibility index (Phi) is 9.74. The van der Waals surface area contributed by atoms with E-state index in [-0.39, 0.29) is 13.6 Å². The largest absolute Gasteiger partial charge is 0.493 e. The van der Waals surface area contributed by atoms with Crippen LogP contribution in [0.1, 0.15) is 17.5 Å². The number of nitrogens with zero attached hydrogens (tertiary/aromatic N) is 1. The van der Waals surface area contributed by atoms with Gasteiger partial charge < -0.3 is 33.3 Å². The second-order valence-electron chi connectivity index (χ2n) is 13.6. The van der Waals surface area contributed by atoms with Crippen LogP contribution in [0.5, 0.6) is 11.5 Å². The molecule has 3 atom stereocenters. The molecule has 4 rings (SSSR count). The van der Waals surface area contributed by atoms with Crippen molar-refractivity contribution in [3.8, 4) is 11.5 Å². The summed E-state index contributed by atoms with van der Waals surface area (Å²) in [7, 11) is 0.695. The Morgan fingerprint density at radius 2 is 1.51 bits per heavy atom. The molecule has 1 saturated heterocycles. The van der Waals surface area contributed by atoms with Crippen molar-refractivity contribution in [2.45, 2.75) is 75.9 Å². The van der Waals surface area contributed by atoms with Crippen molar-refractivity contribution >= 4 is 27.8 Å². The second kappa shape index (κ2) is 12.6. The number of fused-ring (bicyclic) bond motifs is 1. The Hall–Kier alpha value is -2.19. The molecule has 0 bridgehead atoms. The molecule has 41 heavy (non-hydrogen) atoms. The van der Waals surface area contributed by atoms with Gasteiger partial charge in [0.25, 0.3) is 5.91 Å². The third kappa shape index (κ3) is 6.90. The monoisotopic (exact) mass is 605 g/mol. The van der Waals surface area contributed by atoms with Crippen LogP contribution in [0.15, 0.2) is 24.0 Å². The highest BCUT2D eigenvalue weighted by Gasteiger charge is 2.63. The number of hydrogen-bond acceptors (Lipinski definition) is 8. The third-order valence-corrected chi connectivity index (χ3v) is 11.6. The van der Waals surface area contributed by atoms with Crippen molar-refractivity contribution in [1.29, 1.82) is 0 Å². The van der Waals surface area contributed by atoms with Crippen molar-refractivity contribution in [3.63, 3.8) is 0 Å². The molecule has 1 amide bonds. The molecule has 2 aliphatic heterocycles. The van der Waals surface area contributed by atoms with Crippen LogP contribution < -0.4 is 9.47 Å². The van der Waals surface area contributed by atoms with Crippen LogP contribution in [0.4, 0.5) is 0 Å². The Bertz CT molecular complexity index is 1160. The summed E-state index contributed by atoms with van der Waals surface area (Å²) in [6.45, 7) is 15.6. The fraction of sp³-hybridized carbons (Fsp3) is 0.667. The van der Waals surface area contributed by atoms with Gasteiger partial charge in [-0.25, -0.2) is 0 Å². The first-order valence-corrected chi connectivity index (χ1v) is 22.0. The summed E-state index contributed by atoms with van der Waals surface area (Å²) < 4.78 is 35.3. The van der Waals surface area contributed by atoms with Crippen molar-refractivity contribution < 1.29 is 38.0 Å². The normalized spacial score (nSPS) is 24.0. The van der Waals surface area contributed by atoms with Crippen molar-refractivity contribution in [2.75, 3.05) is 47.6 Å². The number of ether oxygens (including phenoxy) is 6. The number of rotatable bonds is 14. The highest BCUT2D eigenvalue weighted by molar-refractivity contribution is 6.76. The van der Waals surface area contributed by atoms with E-state index in [0.717, 1.165) is 23.2 Å². The summed E-state index contributed by atoms with van der Waals surface area (Å²) in [5.74, 6) is 0.226. The molecule has 0 N–H and O–H groups in total. The van der Waals surface area contributed by atoms with E-state index in [1.54, 1.807) is 19.1 Å². The van der Waals surface area contributed by atoms with Crippen LogP contribution in [-0.2, 0) is 40.5 Å². The van der Waals surface area contributed by atoms with Gasteiger partial charge in [-0.2, -0.15) is 0 Å². The Balaban J connectivity index is 1.66. The zero-order valence-corrected chi connectivity index (χ0v) is 28.0. The summed E-state index contributed by atoms with van der Waals surface area (Å²) >= 11 is 0. The summed E-state index contributed by atoms with van der Waals surface area (Å²) in [5, 5.41) is 0. The highest BCUT2D eigenvalue weighted by atomic mass is 28.3. The molecule has 228 valence electrons. The van der Waals surface area contributed by atoms with Gasteiger partial charge in [-0.1, -0.05) is 39.3 Å². The molecule has 0 saturated carbocycles. The Morgan fingerprint density at radius 3 is 2.12 bits per heavy atom. The molecule has 1 spiro atoms. The lowest BCUT2D eigenvalue weighted by Crippen LogP contribution is -2.52. The molecule has 1 aromatic rings. The zero-order chi connectivity index (χ0) is 30.0. The van der Waals surface area contributed by atoms with Crippen molar-refractivity contribution in [1.82, 2.24) is 4.90 Å². The number of hydrogen-bond donors (Lipinski definition) is 0. The van der Waals surface area contributed by atoms with Gasteiger partial charge in [0.15, 0.2) is 18.3 Å². The first kappa shape index (κ1) is 31.7. The summed E-state index contributed by atoms with van der Waals surface area (Å²) in [5.41, 5.74) is 0.881. The van der Waals surface area contributed by atoms with Gasteiger partial charge in [0.2, 0.25) is 5.78 Å². The molecule has 1 aromatic carbocycles. The van der Waals surface area contributed by atoms with E-state index in [1.807, 2.05) is 18.2 Å². The first-order valence-electron chi connectivity index (χ1n) is 14.5. The molecule has 3 aliphatic rings. The molecule has 1 unspecified atom stereocenters. The maximum absolute atomic E-state index is 13.5. The minimum Gasteiger partial charge on any atom is -0.493 e. The number of methoxy groups -OCH3 is 2. The average Bonchev–Trinajstić information content (AvgIpc) is 3.12. The van der Waals surface area contributed by atoms with Crippen LogP contribution >= 0.6 is 0 Å². The Labute approximate surface area is 246 Å². The predicted molar refractivity (Wildman–Crippen MR) is 162 cm³/mol. The van der Waals surface area contributed by atoms with E-state index in [0.29, 0.717) is 49.9 Å². The number of carbonyl (C=O) groups is 2. The van der Waals surface area contributed by atoms with Gasteiger partial charge in [0.05, 0.1) is 20.1 Å². The van der Waals surface area contributed by atoms with Gasteiger partial charge in [-0.3, -0.25) is 9.59 Å². The minimum atomic E-state index is -1.25. The van der Waals surface area contributed by atoms with Gasteiger partial charge in [0, 0.05) is 35.9 Å². The standard InChI is InChI=1S/C30H47NO8Si2/c1-34-24-15-21-9-10-31-29(33)28(32)23-17-26(38-19-36-11-13-40(3,4)5)27(39-20-37-12-14-41(6,7)8)18-30(23,31)22(21)16-25(24)35-2/h15-16,18,23,26H,9-14,17,19-20H2,1-8H3/t23?,26-,30-/m1/s1. The number of Topliss-reactive ketones (excluding diaryl/α,β-unsaturated/α-hetero) is 1. The van der Waals surface area contributed by atoms with E-state index in [2.05, 4.69) is 39.3 Å². The Morgan fingerprint density at radius 1 is 0.902 bits per heavy atom. The van der Waals surface area contributed by atoms with E-state index >= 15 is 0 Å². The molecule has 9 nitrogen and oxygen atoms in total. The molecule has 0 aromatic heterocycles. The third-order valence-electron chi connectivity index (χ3n) is 8.18. The van der Waals surface area contributed by atoms with E-state index in [1.165, 1.54) is 0 Å². The van der Waals surface area contributed by atoms with Crippen LogP contribution in [0, 0.1) is 5.92 Å². The summed E-state index contributed by atoms with van der Waals surface area (Å²) in [4.78, 5) is 28.6. The summed E-state index contributed by atoms with van der Waals surface area (Å²) in [6, 6.07) is 5.91. The predicted octanol–water partition coefficient (Wildman–Crippen LogP) is 4.80. The fourth-order valence-electron chi connectivity index (χ4n) is 5.77. The number of amides is 1. The molecule has 1 aliphatic carbocycles. The van der Waals surface area contributed by atoms with E-state index in [4.69, 9.17) is 28.4 Å². The van der Waals surface area contributed by atoms with Crippen LogP contribution in [0.25, 0.3) is 0 Å². The van der Waals surface area contributed by atoms with Gasteiger partial charge >= 0.3 is 0 Å². The van der Waals surface area contributed by atoms with Gasteiger partial charge in [0.1, 0.15) is 24.2 Å². The molecular formula is C30H47NO8Si2. The molecule has 11 heteroatoms. The molecule has 2 heterocycles. The van der Waals surface area contributed by atoms with Gasteiger partial charge in [-0.15, -0.1) is 0 Å². The highest BCUT2D eigenvalue weighted by Crippen LogP contribution is 2.54. The van der Waals surface area contributed by atoms with Crippen molar-refractivity contribution in [3.05, 3.63) is 35.1 Å². The van der Waals surface area contributed by atoms with E-state index in [9.17, 15) is 9.59 Å². The first-order chi connectivity index (χ1) is 19.3. The number of carbonyl (C=O) groups excluding carboxylic acids is 2. The lowest BCUT2D eigenvalue weighted by Gasteiger charge is -2.47. The van der Waals surface area contributed by atoms with Crippen molar-refractivity contribution in [2.24, 2.45) is 5.92 Å². The van der Waals surface area contributed by atoms with E-state index < -0.39 is 45.4 Å². The lowest BCUT2D eigenvalue weighted by molar-refractivity contribution is -0.141. The number of benzene rings is 1. The number of ketones is 1. The maximum Gasteiger partial charge on any atom is 0.291 e. The molecule has 0 radical (unpaired) electrons. The lowest BCUT2D eigenvalue weighted by atomic mass is 9.68. The zero-order valence-electron chi connectivity index (χ0n) is 26.0. The summed E-state index contributed by atoms with van der Waals surface area (Å²) in [6.07, 6.45) is 2.29. The van der Waals surface area contributed by atoms with Gasteiger partial charge in [-0.05, 0) is 54.3 Å². The quantitative estimate of drug-likeness (QED) is 0.129. The minimum absolute atomic E-state index is 0.0636. The van der Waals surface area contributed by atoms with Crippen LogP contribution in [-0.4, -0.2) is 86.4 Å². The topological polar surface area (TPSA) is 92.8 Å².